The monoisotopic (exact) mass is 241 g/mol. The second-order valence-electron chi connectivity index (χ2n) is 5.62. The molecule has 0 spiro atoms. The summed E-state index contributed by atoms with van der Waals surface area (Å²) in [5.41, 5.74) is 1.63. The maximum atomic E-state index is 12.0. The molecule has 2 fully saturated rings. The molecule has 1 aliphatic heterocycles. The van der Waals surface area contributed by atoms with Crippen LogP contribution < -0.4 is 0 Å². The third kappa shape index (κ3) is 1.96. The Labute approximate surface area is 108 Å². The minimum atomic E-state index is 0.243. The maximum absolute atomic E-state index is 12.0. The van der Waals surface area contributed by atoms with Crippen LogP contribution in [0.3, 0.4) is 0 Å². The number of hydrogen-bond acceptors (Lipinski definition) is 1. The second-order valence-corrected chi connectivity index (χ2v) is 5.62. The molecule has 1 aliphatic carbocycles. The highest BCUT2D eigenvalue weighted by molar-refractivity contribution is 5.79. The van der Waals surface area contributed by atoms with Gasteiger partial charge in [0.25, 0.3) is 0 Å². The number of rotatable bonds is 4. The van der Waals surface area contributed by atoms with Gasteiger partial charge in [-0.2, -0.15) is 0 Å². The molecule has 0 bridgehead atoms. The summed E-state index contributed by atoms with van der Waals surface area (Å²) >= 11 is 0. The van der Waals surface area contributed by atoms with E-state index < -0.39 is 0 Å². The summed E-state index contributed by atoms with van der Waals surface area (Å²) < 4.78 is 0. The highest BCUT2D eigenvalue weighted by Crippen LogP contribution is 2.49. The lowest BCUT2D eigenvalue weighted by Gasteiger charge is -2.24. The minimum Gasteiger partial charge on any atom is -0.341 e. The lowest BCUT2D eigenvalue weighted by Crippen LogP contribution is -2.33. The van der Waals surface area contributed by atoms with Crippen LogP contribution in [0, 0.1) is 5.92 Å². The molecule has 1 aromatic rings. The molecule has 1 heterocycles. The van der Waals surface area contributed by atoms with E-state index >= 15 is 0 Å². The van der Waals surface area contributed by atoms with E-state index in [0.717, 1.165) is 13.1 Å². The van der Waals surface area contributed by atoms with Crippen LogP contribution in [0.15, 0.2) is 43.0 Å². The quantitative estimate of drug-likeness (QED) is 0.742. The second kappa shape index (κ2) is 4.27. The van der Waals surface area contributed by atoms with E-state index in [1.165, 1.54) is 18.4 Å². The van der Waals surface area contributed by atoms with Crippen molar-refractivity contribution in [2.24, 2.45) is 5.92 Å². The number of likely N-dealkylation sites (tertiary alicyclic amines) is 1. The zero-order valence-corrected chi connectivity index (χ0v) is 10.6. The van der Waals surface area contributed by atoms with E-state index in [2.05, 4.69) is 30.8 Å². The highest BCUT2D eigenvalue weighted by Gasteiger charge is 2.47. The van der Waals surface area contributed by atoms with Gasteiger partial charge in [-0.3, -0.25) is 4.79 Å². The Bertz CT molecular complexity index is 461. The zero-order valence-electron chi connectivity index (χ0n) is 10.6. The van der Waals surface area contributed by atoms with E-state index in [0.29, 0.717) is 18.2 Å². The molecule has 1 aromatic carbocycles. The summed E-state index contributed by atoms with van der Waals surface area (Å²) in [6, 6.07) is 10.6. The lowest BCUT2D eigenvalue weighted by atomic mass is 9.95. The predicted octanol–water partition coefficient (Wildman–Crippen LogP) is 2.75. The summed E-state index contributed by atoms with van der Waals surface area (Å²) in [6.07, 6.45) is 4.98. The first kappa shape index (κ1) is 11.5. The Hall–Kier alpha value is -1.57. The molecule has 1 saturated carbocycles. The SMILES string of the molecule is C=CC1CC(=O)N(CC2(c3ccccc3)CC2)C1. The van der Waals surface area contributed by atoms with E-state index in [1.807, 2.05) is 17.0 Å². The van der Waals surface area contributed by atoms with Crippen molar-refractivity contribution in [2.75, 3.05) is 13.1 Å². The van der Waals surface area contributed by atoms with Gasteiger partial charge in [0.05, 0.1) is 0 Å². The van der Waals surface area contributed by atoms with Crippen molar-refractivity contribution in [1.82, 2.24) is 4.90 Å². The topological polar surface area (TPSA) is 20.3 Å². The van der Waals surface area contributed by atoms with Crippen LogP contribution >= 0.6 is 0 Å². The largest absolute Gasteiger partial charge is 0.341 e. The smallest absolute Gasteiger partial charge is 0.223 e. The molecule has 0 aromatic heterocycles. The summed E-state index contributed by atoms with van der Waals surface area (Å²) in [7, 11) is 0. The van der Waals surface area contributed by atoms with Gasteiger partial charge >= 0.3 is 0 Å². The van der Waals surface area contributed by atoms with Crippen LogP contribution in [-0.4, -0.2) is 23.9 Å². The Balaban J connectivity index is 1.74. The summed E-state index contributed by atoms with van der Waals surface area (Å²) in [4.78, 5) is 14.0. The van der Waals surface area contributed by atoms with Crippen LogP contribution in [0.4, 0.5) is 0 Å². The number of nitrogens with zero attached hydrogens (tertiary/aromatic N) is 1. The molecule has 1 unspecified atom stereocenters. The molecular weight excluding hydrogens is 222 g/mol. The number of hydrogen-bond donors (Lipinski definition) is 0. The third-order valence-electron chi connectivity index (χ3n) is 4.31. The lowest BCUT2D eigenvalue weighted by molar-refractivity contribution is -0.128. The fraction of sp³-hybridized carbons (Fsp3) is 0.438. The van der Waals surface area contributed by atoms with E-state index in [1.54, 1.807) is 0 Å². The van der Waals surface area contributed by atoms with Crippen LogP contribution in [0.25, 0.3) is 0 Å². The zero-order chi connectivity index (χ0) is 12.6. The van der Waals surface area contributed by atoms with Gasteiger partial charge in [-0.15, -0.1) is 6.58 Å². The van der Waals surface area contributed by atoms with Gasteiger partial charge in [0, 0.05) is 30.8 Å². The van der Waals surface area contributed by atoms with Crippen molar-refractivity contribution >= 4 is 5.91 Å². The van der Waals surface area contributed by atoms with Crippen LogP contribution in [-0.2, 0) is 10.2 Å². The van der Waals surface area contributed by atoms with Crippen molar-refractivity contribution in [3.05, 3.63) is 48.6 Å². The van der Waals surface area contributed by atoms with Crippen LogP contribution in [0.2, 0.25) is 0 Å². The molecule has 1 amide bonds. The summed E-state index contributed by atoms with van der Waals surface area (Å²) in [5.74, 6) is 0.645. The van der Waals surface area contributed by atoms with E-state index in [4.69, 9.17) is 0 Å². The molecule has 0 N–H and O–H groups in total. The van der Waals surface area contributed by atoms with Crippen molar-refractivity contribution in [3.8, 4) is 0 Å². The Kier molecular flexibility index (Phi) is 2.73. The first-order valence-corrected chi connectivity index (χ1v) is 6.69. The molecule has 94 valence electrons. The average molecular weight is 241 g/mol. The minimum absolute atomic E-state index is 0.243. The maximum Gasteiger partial charge on any atom is 0.223 e. The number of amides is 1. The predicted molar refractivity (Wildman–Crippen MR) is 72.2 cm³/mol. The molecule has 18 heavy (non-hydrogen) atoms. The van der Waals surface area contributed by atoms with E-state index in [9.17, 15) is 4.79 Å². The van der Waals surface area contributed by atoms with Crippen molar-refractivity contribution in [2.45, 2.75) is 24.7 Å². The van der Waals surface area contributed by atoms with Crippen molar-refractivity contribution in [1.29, 1.82) is 0 Å². The number of carbonyl (C=O) groups excluding carboxylic acids is 1. The third-order valence-corrected chi connectivity index (χ3v) is 4.31. The Morgan fingerprint density at radius 2 is 2.06 bits per heavy atom. The van der Waals surface area contributed by atoms with Crippen LogP contribution in [0.1, 0.15) is 24.8 Å². The van der Waals surface area contributed by atoms with Gasteiger partial charge in [-0.1, -0.05) is 36.4 Å². The van der Waals surface area contributed by atoms with Gasteiger partial charge in [0.15, 0.2) is 0 Å². The molecule has 2 heteroatoms. The Morgan fingerprint density at radius 3 is 2.61 bits per heavy atom. The molecule has 2 aliphatic rings. The molecular formula is C16H19NO. The normalized spacial score (nSPS) is 25.2. The van der Waals surface area contributed by atoms with E-state index in [-0.39, 0.29) is 5.41 Å². The molecule has 2 nitrogen and oxygen atoms in total. The molecule has 1 saturated heterocycles. The number of benzene rings is 1. The fourth-order valence-corrected chi connectivity index (χ4v) is 2.96. The first-order chi connectivity index (χ1) is 8.73. The summed E-state index contributed by atoms with van der Waals surface area (Å²) in [5, 5.41) is 0. The number of carbonyl (C=O) groups is 1. The Morgan fingerprint density at radius 1 is 1.33 bits per heavy atom. The first-order valence-electron chi connectivity index (χ1n) is 6.69. The van der Waals surface area contributed by atoms with Crippen molar-refractivity contribution < 1.29 is 4.79 Å². The molecule has 0 radical (unpaired) electrons. The fourth-order valence-electron chi connectivity index (χ4n) is 2.96. The van der Waals surface area contributed by atoms with Crippen LogP contribution in [0.5, 0.6) is 0 Å². The van der Waals surface area contributed by atoms with Gasteiger partial charge < -0.3 is 4.90 Å². The molecule has 3 rings (SSSR count). The standard InChI is InChI=1S/C16H19NO/c1-2-13-10-15(18)17(11-13)12-16(8-9-16)14-6-4-3-5-7-14/h2-7,13H,1,8-12H2. The van der Waals surface area contributed by atoms with Gasteiger partial charge in [0.2, 0.25) is 5.91 Å². The molecule has 1 atom stereocenters. The van der Waals surface area contributed by atoms with Gasteiger partial charge in [-0.25, -0.2) is 0 Å². The highest BCUT2D eigenvalue weighted by atomic mass is 16.2. The average Bonchev–Trinajstić information content (AvgIpc) is 3.10. The van der Waals surface area contributed by atoms with Gasteiger partial charge in [0.1, 0.15) is 0 Å². The summed E-state index contributed by atoms with van der Waals surface area (Å²) in [6.45, 7) is 5.55. The van der Waals surface area contributed by atoms with Gasteiger partial charge in [-0.05, 0) is 18.4 Å². The van der Waals surface area contributed by atoms with Crippen molar-refractivity contribution in [3.63, 3.8) is 0 Å².